The molecule has 2 saturated heterocycles. The summed E-state index contributed by atoms with van der Waals surface area (Å²) < 4.78 is 12.5. The first kappa shape index (κ1) is 18.1. The molecule has 3 aromatic rings. The maximum absolute atomic E-state index is 12.8. The number of hydrogen-bond donors (Lipinski definition) is 0. The fraction of sp³-hybridized carbons (Fsp3) is 0.429. The number of aromatic nitrogens is 4. The number of fused-ring (bicyclic) bond motifs is 2. The molecular formula is C21H23N5O3. The number of morpholine rings is 1. The van der Waals surface area contributed by atoms with Gasteiger partial charge in [-0.1, -0.05) is 5.16 Å². The van der Waals surface area contributed by atoms with E-state index in [-0.39, 0.29) is 5.56 Å². The van der Waals surface area contributed by atoms with E-state index in [1.807, 2.05) is 26.0 Å². The van der Waals surface area contributed by atoms with Crippen LogP contribution >= 0.6 is 0 Å². The van der Waals surface area contributed by atoms with Crippen LogP contribution in [0.25, 0.3) is 11.3 Å². The van der Waals surface area contributed by atoms with Gasteiger partial charge in [0.25, 0.3) is 5.56 Å². The van der Waals surface area contributed by atoms with Crippen LogP contribution < -0.4 is 10.5 Å². The summed E-state index contributed by atoms with van der Waals surface area (Å²) in [5.74, 6) is 0.671. The van der Waals surface area contributed by atoms with Crippen LogP contribution in [-0.2, 0) is 11.3 Å². The molecular weight excluding hydrogens is 370 g/mol. The summed E-state index contributed by atoms with van der Waals surface area (Å²) in [6.45, 7) is 5.51. The Hall–Kier alpha value is -3.00. The van der Waals surface area contributed by atoms with Crippen LogP contribution in [0.4, 0.5) is 5.69 Å². The molecule has 2 aliphatic rings. The van der Waals surface area contributed by atoms with E-state index in [9.17, 15) is 4.79 Å². The molecule has 8 heteroatoms. The maximum atomic E-state index is 12.8. The standard InChI is InChI=1S/C21H23N5O3/c1-13-3-4-15(8-22-13)21-19(14(2)29-24-21)10-25-20(27)7-18(9-23-25)26-16-5-6-17(26)12-28-11-16/h3-4,7-9,16-17H,5-6,10-12H2,1-2H3. The van der Waals surface area contributed by atoms with Crippen LogP contribution in [-0.4, -0.2) is 45.2 Å². The quantitative estimate of drug-likeness (QED) is 0.672. The summed E-state index contributed by atoms with van der Waals surface area (Å²) in [4.78, 5) is 19.5. The highest BCUT2D eigenvalue weighted by atomic mass is 16.5. The summed E-state index contributed by atoms with van der Waals surface area (Å²) in [5, 5.41) is 8.63. The van der Waals surface area contributed by atoms with E-state index in [1.165, 1.54) is 4.68 Å². The Bertz CT molecular complexity index is 1070. The predicted molar refractivity (Wildman–Crippen MR) is 107 cm³/mol. The minimum absolute atomic E-state index is 0.137. The minimum atomic E-state index is -0.137. The Morgan fingerprint density at radius 3 is 2.62 bits per heavy atom. The number of aryl methyl sites for hydroxylation is 2. The van der Waals surface area contributed by atoms with Crippen molar-refractivity contribution in [1.29, 1.82) is 0 Å². The Kier molecular flexibility index (Phi) is 4.43. The van der Waals surface area contributed by atoms with Crippen LogP contribution in [0.2, 0.25) is 0 Å². The Balaban J connectivity index is 1.44. The van der Waals surface area contributed by atoms with Crippen molar-refractivity contribution < 1.29 is 9.26 Å². The summed E-state index contributed by atoms with van der Waals surface area (Å²) in [7, 11) is 0. The van der Waals surface area contributed by atoms with E-state index in [4.69, 9.17) is 9.26 Å². The van der Waals surface area contributed by atoms with Crippen molar-refractivity contribution in [2.24, 2.45) is 0 Å². The number of hydrogen-bond acceptors (Lipinski definition) is 7. The lowest BCUT2D eigenvalue weighted by Gasteiger charge is -2.36. The lowest BCUT2D eigenvalue weighted by molar-refractivity contribution is 0.0906. The summed E-state index contributed by atoms with van der Waals surface area (Å²) >= 11 is 0. The van der Waals surface area contributed by atoms with E-state index in [2.05, 4.69) is 20.1 Å². The van der Waals surface area contributed by atoms with E-state index in [0.717, 1.165) is 35.3 Å². The van der Waals surface area contributed by atoms with Gasteiger partial charge in [-0.15, -0.1) is 0 Å². The predicted octanol–water partition coefficient (Wildman–Crippen LogP) is 2.33. The molecule has 2 bridgehead atoms. The van der Waals surface area contributed by atoms with Crippen molar-refractivity contribution in [1.82, 2.24) is 19.9 Å². The van der Waals surface area contributed by atoms with Gasteiger partial charge < -0.3 is 14.2 Å². The molecule has 0 aliphatic carbocycles. The van der Waals surface area contributed by atoms with Gasteiger partial charge in [0.2, 0.25) is 0 Å². The van der Waals surface area contributed by atoms with Crippen LogP contribution in [0.15, 0.2) is 39.9 Å². The molecule has 0 spiro atoms. The number of anilines is 1. The second-order valence-electron chi connectivity index (χ2n) is 7.79. The molecule has 0 aromatic carbocycles. The van der Waals surface area contributed by atoms with Crippen molar-refractivity contribution in [3.8, 4) is 11.3 Å². The average Bonchev–Trinajstić information content (AvgIpc) is 3.20. The summed E-state index contributed by atoms with van der Waals surface area (Å²) in [6.07, 6.45) is 5.75. The van der Waals surface area contributed by atoms with Gasteiger partial charge in [-0.2, -0.15) is 5.10 Å². The molecule has 0 N–H and O–H groups in total. The second-order valence-corrected chi connectivity index (χ2v) is 7.79. The minimum Gasteiger partial charge on any atom is -0.377 e. The monoisotopic (exact) mass is 393 g/mol. The second kappa shape index (κ2) is 7.11. The Morgan fingerprint density at radius 2 is 1.93 bits per heavy atom. The molecule has 5 heterocycles. The fourth-order valence-corrected chi connectivity index (χ4v) is 4.30. The number of nitrogens with zero attached hydrogens (tertiary/aromatic N) is 5. The molecule has 29 heavy (non-hydrogen) atoms. The van der Waals surface area contributed by atoms with Gasteiger partial charge in [0.05, 0.1) is 43.7 Å². The van der Waals surface area contributed by atoms with Gasteiger partial charge in [-0.25, -0.2) is 4.68 Å². The number of ether oxygens (including phenoxy) is 1. The first-order valence-corrected chi connectivity index (χ1v) is 9.91. The summed E-state index contributed by atoms with van der Waals surface area (Å²) in [5.41, 5.74) is 4.07. The van der Waals surface area contributed by atoms with Crippen LogP contribution in [0.1, 0.15) is 29.9 Å². The van der Waals surface area contributed by atoms with Crippen LogP contribution in [0, 0.1) is 13.8 Å². The zero-order valence-corrected chi connectivity index (χ0v) is 16.5. The van der Waals surface area contributed by atoms with Crippen LogP contribution in [0.5, 0.6) is 0 Å². The molecule has 8 nitrogen and oxygen atoms in total. The first-order valence-electron chi connectivity index (χ1n) is 9.91. The van der Waals surface area contributed by atoms with E-state index >= 15 is 0 Å². The third-order valence-electron chi connectivity index (χ3n) is 5.87. The van der Waals surface area contributed by atoms with Gasteiger partial charge >= 0.3 is 0 Å². The zero-order chi connectivity index (χ0) is 20.0. The molecule has 2 unspecified atom stereocenters. The van der Waals surface area contributed by atoms with Gasteiger partial charge in [-0.05, 0) is 38.8 Å². The normalized spacial score (nSPS) is 21.0. The van der Waals surface area contributed by atoms with Gasteiger partial charge in [0, 0.05) is 29.1 Å². The lowest BCUT2D eigenvalue weighted by Crippen LogP contribution is -2.46. The highest BCUT2D eigenvalue weighted by Gasteiger charge is 2.37. The highest BCUT2D eigenvalue weighted by molar-refractivity contribution is 5.62. The molecule has 0 radical (unpaired) electrons. The lowest BCUT2D eigenvalue weighted by atomic mass is 10.1. The van der Waals surface area contributed by atoms with E-state index < -0.39 is 0 Å². The summed E-state index contributed by atoms with van der Waals surface area (Å²) in [6, 6.07) is 6.24. The van der Waals surface area contributed by atoms with Crippen molar-refractivity contribution in [2.45, 2.75) is 45.3 Å². The number of rotatable bonds is 4. The van der Waals surface area contributed by atoms with Crippen molar-refractivity contribution in [3.63, 3.8) is 0 Å². The van der Waals surface area contributed by atoms with Crippen molar-refractivity contribution in [2.75, 3.05) is 18.1 Å². The molecule has 2 fully saturated rings. The molecule has 5 rings (SSSR count). The fourth-order valence-electron chi connectivity index (χ4n) is 4.30. The van der Waals surface area contributed by atoms with E-state index in [1.54, 1.807) is 18.5 Å². The van der Waals surface area contributed by atoms with Gasteiger partial charge in [0.1, 0.15) is 11.5 Å². The van der Waals surface area contributed by atoms with Gasteiger partial charge in [-0.3, -0.25) is 9.78 Å². The molecule has 2 atom stereocenters. The number of pyridine rings is 1. The largest absolute Gasteiger partial charge is 0.377 e. The van der Waals surface area contributed by atoms with Crippen molar-refractivity contribution >= 4 is 5.69 Å². The highest BCUT2D eigenvalue weighted by Crippen LogP contribution is 2.33. The Labute approximate surface area is 168 Å². The molecule has 0 amide bonds. The SMILES string of the molecule is Cc1ccc(-c2noc(C)c2Cn2ncc(N3C4CCC3COC4)cc2=O)cn1. The molecule has 2 aliphatic heterocycles. The third-order valence-corrected chi connectivity index (χ3v) is 5.87. The topological polar surface area (TPSA) is 86.3 Å². The van der Waals surface area contributed by atoms with Crippen LogP contribution in [0.3, 0.4) is 0 Å². The smallest absolute Gasteiger partial charge is 0.269 e. The maximum Gasteiger partial charge on any atom is 0.269 e. The first-order chi connectivity index (χ1) is 14.1. The van der Waals surface area contributed by atoms with Gasteiger partial charge in [0.15, 0.2) is 0 Å². The zero-order valence-electron chi connectivity index (χ0n) is 16.5. The average molecular weight is 393 g/mol. The van der Waals surface area contributed by atoms with E-state index in [0.29, 0.717) is 43.3 Å². The van der Waals surface area contributed by atoms with Crippen molar-refractivity contribution in [3.05, 3.63) is 58.0 Å². The molecule has 3 aromatic heterocycles. The molecule has 0 saturated carbocycles. The Morgan fingerprint density at radius 1 is 1.14 bits per heavy atom. The third kappa shape index (κ3) is 3.23. The molecule has 150 valence electrons.